The van der Waals surface area contributed by atoms with E-state index in [1.807, 2.05) is 0 Å². The highest BCUT2D eigenvalue weighted by Gasteiger charge is 2.19. The molecule has 0 saturated heterocycles. The third-order valence-electron chi connectivity index (χ3n) is 16.5. The number of carbonyl (C=O) groups excluding carboxylic acids is 3. The minimum atomic E-state index is -0.796. The summed E-state index contributed by atoms with van der Waals surface area (Å²) in [5.41, 5.74) is 0. The second-order valence-electron chi connectivity index (χ2n) is 24.8. The van der Waals surface area contributed by atoms with Crippen LogP contribution in [0, 0.1) is 0 Å². The second-order valence-corrected chi connectivity index (χ2v) is 24.8. The number of rotatable bonds is 68. The average molecular weight is 1160 g/mol. The van der Waals surface area contributed by atoms with Crippen molar-refractivity contribution in [3.05, 3.63) is 60.8 Å². The molecule has 0 aliphatic rings. The van der Waals surface area contributed by atoms with Crippen LogP contribution in [0.15, 0.2) is 60.8 Å². The van der Waals surface area contributed by atoms with E-state index < -0.39 is 6.10 Å². The van der Waals surface area contributed by atoms with Crippen LogP contribution in [0.5, 0.6) is 0 Å². The summed E-state index contributed by atoms with van der Waals surface area (Å²) < 4.78 is 17.0. The molecule has 0 aliphatic carbocycles. The molecule has 6 heteroatoms. The van der Waals surface area contributed by atoms with Crippen molar-refractivity contribution in [2.24, 2.45) is 0 Å². The highest BCUT2D eigenvalue weighted by molar-refractivity contribution is 5.71. The SMILES string of the molecule is CC/C=C\C/C=C\C/C=C\C/C=C\C/C=C\CCCC(=O)OCC(COC(=O)CCCCCCCCCCCCCCCCCCCCCCCCCCC)OC(=O)CCCCCCCCCCCCCCCCCCCCCCCCC. The molecule has 0 spiro atoms. The molecule has 1 unspecified atom stereocenters. The third-order valence-corrected chi connectivity index (χ3v) is 16.5. The van der Waals surface area contributed by atoms with Gasteiger partial charge >= 0.3 is 17.9 Å². The van der Waals surface area contributed by atoms with Crippen LogP contribution in [0.25, 0.3) is 0 Å². The molecule has 0 aliphatic heterocycles. The molecule has 0 aromatic rings. The number of carbonyl (C=O) groups is 3. The summed E-state index contributed by atoms with van der Waals surface area (Å²) in [6.07, 6.45) is 92.7. The lowest BCUT2D eigenvalue weighted by Crippen LogP contribution is -2.30. The van der Waals surface area contributed by atoms with Gasteiger partial charge in [-0.1, -0.05) is 377 Å². The first-order valence-corrected chi connectivity index (χ1v) is 36.8. The molecule has 0 saturated carbocycles. The lowest BCUT2D eigenvalue weighted by atomic mass is 10.0. The molecule has 0 bridgehead atoms. The van der Waals surface area contributed by atoms with Gasteiger partial charge in [0.25, 0.3) is 0 Å². The smallest absolute Gasteiger partial charge is 0.306 e. The number of hydrogen-bond acceptors (Lipinski definition) is 6. The van der Waals surface area contributed by atoms with E-state index >= 15 is 0 Å². The van der Waals surface area contributed by atoms with Crippen molar-refractivity contribution in [2.45, 2.75) is 399 Å². The van der Waals surface area contributed by atoms with Crippen molar-refractivity contribution in [3.8, 4) is 0 Å². The average Bonchev–Trinajstić information content (AvgIpc) is 3.49. The van der Waals surface area contributed by atoms with Gasteiger partial charge in [0.2, 0.25) is 0 Å². The summed E-state index contributed by atoms with van der Waals surface area (Å²) in [5.74, 6) is -0.919. The molecule has 0 N–H and O–H groups in total. The summed E-state index contributed by atoms with van der Waals surface area (Å²) in [5, 5.41) is 0. The van der Waals surface area contributed by atoms with Gasteiger partial charge in [-0.15, -0.1) is 0 Å². The molecule has 0 radical (unpaired) electrons. The van der Waals surface area contributed by atoms with E-state index in [2.05, 4.69) is 81.5 Å². The van der Waals surface area contributed by atoms with Gasteiger partial charge in [-0.05, 0) is 57.8 Å². The van der Waals surface area contributed by atoms with Crippen LogP contribution in [0.1, 0.15) is 393 Å². The Kier molecular flexibility index (Phi) is 69.1. The van der Waals surface area contributed by atoms with Crippen molar-refractivity contribution in [1.29, 1.82) is 0 Å². The Balaban J connectivity index is 4.32. The fourth-order valence-corrected chi connectivity index (χ4v) is 11.1. The Morgan fingerprint density at radius 3 is 0.735 bits per heavy atom. The molecular weight excluding hydrogens is 1020 g/mol. The first-order chi connectivity index (χ1) is 41.0. The number of esters is 3. The van der Waals surface area contributed by atoms with Gasteiger partial charge in [0, 0.05) is 19.3 Å². The highest BCUT2D eigenvalue weighted by Crippen LogP contribution is 2.19. The standard InChI is InChI=1S/C77H140O6/c1-4-7-10-13-16-19-22-25-28-31-33-35-37-38-40-41-43-46-49-52-55-58-61-64-67-70-76(79)82-73-74(72-81-75(78)69-66-63-60-57-54-51-48-45-30-27-24-21-18-15-12-9-6-3)83-77(80)71-68-65-62-59-56-53-50-47-44-42-39-36-34-32-29-26-23-20-17-14-11-8-5-2/h9,12,18,21,27,30,48,51,57,60,74H,4-8,10-11,13-17,19-20,22-26,28-29,31-47,49-50,52-56,58-59,61-73H2,1-3H3/b12-9-,21-18-,30-27-,51-48-,60-57-. The Bertz CT molecular complexity index is 1470. The van der Waals surface area contributed by atoms with E-state index in [1.54, 1.807) is 0 Å². The van der Waals surface area contributed by atoms with E-state index in [1.165, 1.54) is 270 Å². The lowest BCUT2D eigenvalue weighted by molar-refractivity contribution is -0.167. The van der Waals surface area contributed by atoms with Gasteiger partial charge in [0.15, 0.2) is 6.10 Å². The molecule has 0 fully saturated rings. The molecule has 6 nitrogen and oxygen atoms in total. The van der Waals surface area contributed by atoms with Gasteiger partial charge < -0.3 is 14.2 Å². The maximum absolute atomic E-state index is 13.0. The van der Waals surface area contributed by atoms with Crippen LogP contribution >= 0.6 is 0 Å². The molecule has 0 heterocycles. The first kappa shape index (κ1) is 80.1. The Labute approximate surface area is 517 Å². The number of ether oxygens (including phenoxy) is 3. The van der Waals surface area contributed by atoms with Crippen LogP contribution in [0.3, 0.4) is 0 Å². The number of allylic oxidation sites excluding steroid dienone is 10. The van der Waals surface area contributed by atoms with Crippen LogP contribution < -0.4 is 0 Å². The van der Waals surface area contributed by atoms with E-state index in [0.717, 1.165) is 77.0 Å². The highest BCUT2D eigenvalue weighted by atomic mass is 16.6. The van der Waals surface area contributed by atoms with E-state index in [4.69, 9.17) is 14.2 Å². The largest absolute Gasteiger partial charge is 0.462 e. The first-order valence-electron chi connectivity index (χ1n) is 36.8. The topological polar surface area (TPSA) is 78.9 Å². The summed E-state index contributed by atoms with van der Waals surface area (Å²) in [6.45, 7) is 6.56. The van der Waals surface area contributed by atoms with E-state index in [-0.39, 0.29) is 37.5 Å². The van der Waals surface area contributed by atoms with Crippen molar-refractivity contribution < 1.29 is 28.6 Å². The minimum absolute atomic E-state index is 0.0866. The Morgan fingerprint density at radius 2 is 0.470 bits per heavy atom. The quantitative estimate of drug-likeness (QED) is 0.0261. The fraction of sp³-hybridized carbons (Fsp3) is 0.831. The predicted octanol–water partition coefficient (Wildman–Crippen LogP) is 25.5. The zero-order valence-corrected chi connectivity index (χ0v) is 55.7. The van der Waals surface area contributed by atoms with Crippen molar-refractivity contribution >= 4 is 17.9 Å². The van der Waals surface area contributed by atoms with E-state index in [9.17, 15) is 14.4 Å². The summed E-state index contributed by atoms with van der Waals surface area (Å²) >= 11 is 0. The monoisotopic (exact) mass is 1160 g/mol. The molecule has 0 aromatic carbocycles. The zero-order valence-electron chi connectivity index (χ0n) is 55.7. The predicted molar refractivity (Wildman–Crippen MR) is 362 cm³/mol. The normalized spacial score (nSPS) is 12.4. The molecule has 0 rings (SSSR count). The van der Waals surface area contributed by atoms with Gasteiger partial charge in [0.05, 0.1) is 0 Å². The van der Waals surface area contributed by atoms with Gasteiger partial charge in [-0.2, -0.15) is 0 Å². The number of unbranched alkanes of at least 4 members (excludes halogenated alkanes) is 47. The van der Waals surface area contributed by atoms with Gasteiger partial charge in [-0.25, -0.2) is 0 Å². The molecule has 0 amide bonds. The Morgan fingerprint density at radius 1 is 0.253 bits per heavy atom. The van der Waals surface area contributed by atoms with Crippen molar-refractivity contribution in [2.75, 3.05) is 13.2 Å². The van der Waals surface area contributed by atoms with Crippen LogP contribution in [0.4, 0.5) is 0 Å². The third kappa shape index (κ3) is 69.8. The molecule has 1 atom stereocenters. The van der Waals surface area contributed by atoms with Crippen LogP contribution in [-0.2, 0) is 28.6 Å². The van der Waals surface area contributed by atoms with Gasteiger partial charge in [0.1, 0.15) is 13.2 Å². The van der Waals surface area contributed by atoms with Crippen molar-refractivity contribution in [1.82, 2.24) is 0 Å². The van der Waals surface area contributed by atoms with Gasteiger partial charge in [-0.3, -0.25) is 14.4 Å². The van der Waals surface area contributed by atoms with Crippen molar-refractivity contribution in [3.63, 3.8) is 0 Å². The molecular formula is C77H140O6. The molecule has 484 valence electrons. The molecule has 83 heavy (non-hydrogen) atoms. The summed E-state index contributed by atoms with van der Waals surface area (Å²) in [4.78, 5) is 38.5. The lowest BCUT2D eigenvalue weighted by Gasteiger charge is -2.18. The van der Waals surface area contributed by atoms with Crippen LogP contribution in [0.2, 0.25) is 0 Å². The maximum Gasteiger partial charge on any atom is 0.306 e. The van der Waals surface area contributed by atoms with E-state index in [0.29, 0.717) is 19.3 Å². The second kappa shape index (κ2) is 71.6. The van der Waals surface area contributed by atoms with Crippen LogP contribution in [-0.4, -0.2) is 37.2 Å². The Hall–Kier alpha value is -2.89. The minimum Gasteiger partial charge on any atom is -0.462 e. The molecule has 0 aromatic heterocycles. The number of hydrogen-bond donors (Lipinski definition) is 0. The summed E-state index contributed by atoms with van der Waals surface area (Å²) in [6, 6.07) is 0. The summed E-state index contributed by atoms with van der Waals surface area (Å²) in [7, 11) is 0. The zero-order chi connectivity index (χ0) is 59.9. The fourth-order valence-electron chi connectivity index (χ4n) is 11.1. The maximum atomic E-state index is 13.0.